The highest BCUT2D eigenvalue weighted by molar-refractivity contribution is 8.01. The van der Waals surface area contributed by atoms with Crippen LogP contribution in [0.4, 0.5) is 0 Å². The molecule has 0 aliphatic heterocycles. The molecule has 0 unspecified atom stereocenters. The number of carbonyl (C=O) groups excluding carboxylic acids is 2. The van der Waals surface area contributed by atoms with Crippen LogP contribution in [0, 0.1) is 13.8 Å². The van der Waals surface area contributed by atoms with Crippen molar-refractivity contribution in [3.05, 3.63) is 62.3 Å². The third kappa shape index (κ3) is 5.27. The van der Waals surface area contributed by atoms with Crippen LogP contribution in [-0.4, -0.2) is 33.7 Å². The molecule has 0 N–H and O–H groups in total. The van der Waals surface area contributed by atoms with Gasteiger partial charge in [0.25, 0.3) is 0 Å². The van der Waals surface area contributed by atoms with E-state index in [1.807, 2.05) is 35.9 Å². The predicted molar refractivity (Wildman–Crippen MR) is 123 cm³/mol. The van der Waals surface area contributed by atoms with E-state index >= 15 is 0 Å². The van der Waals surface area contributed by atoms with E-state index in [1.165, 1.54) is 23.1 Å². The molecule has 9 heteroatoms. The Morgan fingerprint density at radius 3 is 2.67 bits per heavy atom. The number of ketones is 1. The maximum Gasteiger partial charge on any atom is 0.311 e. The molecule has 0 aliphatic carbocycles. The van der Waals surface area contributed by atoms with Crippen LogP contribution in [0.1, 0.15) is 34.4 Å². The van der Waals surface area contributed by atoms with Crippen molar-refractivity contribution in [2.24, 2.45) is 0 Å². The molecule has 0 saturated carbocycles. The standard InChI is InChI=1S/C21H20Cl2N2O3S2/c1-4-28-20(27)8-14-10-29-21(24-14)30-11-19(26)16-7-12(2)25(13(16)3)15-5-6-17(22)18(23)9-15/h5-7,9-10H,4,8,11H2,1-3H3. The van der Waals surface area contributed by atoms with Crippen molar-refractivity contribution < 1.29 is 14.3 Å². The number of esters is 1. The number of ether oxygens (including phenoxy) is 1. The fourth-order valence-electron chi connectivity index (χ4n) is 3.07. The summed E-state index contributed by atoms with van der Waals surface area (Å²) in [5.41, 5.74) is 3.96. The summed E-state index contributed by atoms with van der Waals surface area (Å²) >= 11 is 15.0. The van der Waals surface area contributed by atoms with Crippen molar-refractivity contribution in [1.29, 1.82) is 0 Å². The lowest BCUT2D eigenvalue weighted by atomic mass is 10.2. The first kappa shape index (κ1) is 22.9. The number of nitrogens with zero attached hydrogens (tertiary/aromatic N) is 2. The molecule has 2 aromatic heterocycles. The van der Waals surface area contributed by atoms with E-state index in [0.29, 0.717) is 27.9 Å². The molecule has 158 valence electrons. The lowest BCUT2D eigenvalue weighted by Crippen LogP contribution is -2.07. The van der Waals surface area contributed by atoms with E-state index in [0.717, 1.165) is 21.4 Å². The van der Waals surface area contributed by atoms with Gasteiger partial charge in [0.15, 0.2) is 10.1 Å². The van der Waals surface area contributed by atoms with Gasteiger partial charge in [-0.05, 0) is 45.0 Å². The van der Waals surface area contributed by atoms with Crippen molar-refractivity contribution in [2.75, 3.05) is 12.4 Å². The van der Waals surface area contributed by atoms with Crippen molar-refractivity contribution >= 4 is 58.1 Å². The number of rotatable bonds is 8. The SMILES string of the molecule is CCOC(=O)Cc1csc(SCC(=O)c2cc(C)n(-c3ccc(Cl)c(Cl)c3)c2C)n1. The molecular weight excluding hydrogens is 463 g/mol. The Kier molecular flexibility index (Phi) is 7.63. The van der Waals surface area contributed by atoms with Gasteiger partial charge in [0.1, 0.15) is 0 Å². The summed E-state index contributed by atoms with van der Waals surface area (Å²) in [5.74, 6) is -0.0235. The first-order valence-corrected chi connectivity index (χ1v) is 11.8. The van der Waals surface area contributed by atoms with Crippen LogP contribution in [0.15, 0.2) is 34.0 Å². The number of carbonyl (C=O) groups is 2. The Morgan fingerprint density at radius 1 is 1.20 bits per heavy atom. The summed E-state index contributed by atoms with van der Waals surface area (Å²) in [6, 6.07) is 7.28. The minimum Gasteiger partial charge on any atom is -0.466 e. The number of hydrogen-bond donors (Lipinski definition) is 0. The largest absolute Gasteiger partial charge is 0.466 e. The summed E-state index contributed by atoms with van der Waals surface area (Å²) in [6.45, 7) is 5.97. The Labute approximate surface area is 193 Å². The topological polar surface area (TPSA) is 61.2 Å². The average Bonchev–Trinajstić information content (AvgIpc) is 3.26. The predicted octanol–water partition coefficient (Wildman–Crippen LogP) is 5.94. The van der Waals surface area contributed by atoms with E-state index in [2.05, 4.69) is 4.98 Å². The van der Waals surface area contributed by atoms with Gasteiger partial charge in [-0.15, -0.1) is 11.3 Å². The number of halogens is 2. The molecule has 0 atom stereocenters. The van der Waals surface area contributed by atoms with Crippen LogP contribution in [0.3, 0.4) is 0 Å². The molecule has 0 aliphatic rings. The van der Waals surface area contributed by atoms with Crippen LogP contribution < -0.4 is 0 Å². The second-order valence-corrected chi connectivity index (χ2v) is 9.41. The molecule has 3 rings (SSSR count). The maximum absolute atomic E-state index is 12.8. The highest BCUT2D eigenvalue weighted by atomic mass is 35.5. The van der Waals surface area contributed by atoms with Crippen molar-refractivity contribution in [2.45, 2.75) is 31.5 Å². The third-order valence-corrected chi connectivity index (χ3v) is 7.19. The number of thiazole rings is 1. The average molecular weight is 483 g/mol. The molecule has 30 heavy (non-hydrogen) atoms. The van der Waals surface area contributed by atoms with Crippen LogP contribution in [-0.2, 0) is 16.0 Å². The minimum atomic E-state index is -0.301. The highest BCUT2D eigenvalue weighted by Gasteiger charge is 2.18. The van der Waals surface area contributed by atoms with Crippen molar-refractivity contribution in [3.8, 4) is 5.69 Å². The second-order valence-electron chi connectivity index (χ2n) is 6.52. The van der Waals surface area contributed by atoms with Gasteiger partial charge in [-0.2, -0.15) is 0 Å². The number of aromatic nitrogens is 2. The Morgan fingerprint density at radius 2 is 1.97 bits per heavy atom. The van der Waals surface area contributed by atoms with Crippen LogP contribution in [0.25, 0.3) is 5.69 Å². The van der Waals surface area contributed by atoms with Crippen LogP contribution in [0.5, 0.6) is 0 Å². The van der Waals surface area contributed by atoms with Gasteiger partial charge >= 0.3 is 5.97 Å². The molecule has 2 heterocycles. The van der Waals surface area contributed by atoms with E-state index in [-0.39, 0.29) is 23.9 Å². The van der Waals surface area contributed by atoms with Gasteiger partial charge in [0.2, 0.25) is 0 Å². The lowest BCUT2D eigenvalue weighted by molar-refractivity contribution is -0.142. The van der Waals surface area contributed by atoms with Crippen molar-refractivity contribution in [1.82, 2.24) is 9.55 Å². The van der Waals surface area contributed by atoms with Gasteiger partial charge in [-0.1, -0.05) is 35.0 Å². The van der Waals surface area contributed by atoms with Crippen LogP contribution >= 0.6 is 46.3 Å². The number of benzene rings is 1. The zero-order valence-electron chi connectivity index (χ0n) is 16.7. The fraction of sp³-hybridized carbons (Fsp3) is 0.286. The number of Topliss-reactive ketones (excluding diaryl/α,β-unsaturated/α-hetero) is 1. The Bertz CT molecular complexity index is 1090. The summed E-state index contributed by atoms with van der Waals surface area (Å²) in [6.07, 6.45) is 0.143. The van der Waals surface area contributed by atoms with E-state index in [1.54, 1.807) is 19.1 Å². The minimum absolute atomic E-state index is 0.0153. The van der Waals surface area contributed by atoms with Crippen LogP contribution in [0.2, 0.25) is 10.0 Å². The second kappa shape index (κ2) is 10.0. The molecule has 5 nitrogen and oxygen atoms in total. The first-order valence-electron chi connectivity index (χ1n) is 9.20. The van der Waals surface area contributed by atoms with Gasteiger partial charge in [0.05, 0.1) is 34.5 Å². The summed E-state index contributed by atoms with van der Waals surface area (Å²) in [5, 5.41) is 2.77. The van der Waals surface area contributed by atoms with Gasteiger partial charge in [-0.25, -0.2) is 4.98 Å². The highest BCUT2D eigenvalue weighted by Crippen LogP contribution is 2.29. The fourth-order valence-corrected chi connectivity index (χ4v) is 5.09. The molecule has 0 saturated heterocycles. The maximum atomic E-state index is 12.8. The molecule has 0 radical (unpaired) electrons. The van der Waals surface area contributed by atoms with Gasteiger partial charge in [0, 0.05) is 28.0 Å². The third-order valence-electron chi connectivity index (χ3n) is 4.38. The molecule has 0 fully saturated rings. The zero-order chi connectivity index (χ0) is 21.8. The number of hydrogen-bond acceptors (Lipinski definition) is 6. The van der Waals surface area contributed by atoms with E-state index < -0.39 is 0 Å². The lowest BCUT2D eigenvalue weighted by Gasteiger charge is -2.11. The zero-order valence-corrected chi connectivity index (χ0v) is 19.8. The van der Waals surface area contributed by atoms with E-state index in [9.17, 15) is 9.59 Å². The quantitative estimate of drug-likeness (QED) is 0.226. The molecule has 0 bridgehead atoms. The number of aryl methyl sites for hydroxylation is 1. The van der Waals surface area contributed by atoms with Gasteiger partial charge in [-0.3, -0.25) is 9.59 Å². The summed E-state index contributed by atoms with van der Waals surface area (Å²) in [7, 11) is 0. The first-order chi connectivity index (χ1) is 14.3. The van der Waals surface area contributed by atoms with E-state index in [4.69, 9.17) is 27.9 Å². The Hall–Kier alpha value is -1.80. The molecule has 0 amide bonds. The molecule has 1 aromatic carbocycles. The monoisotopic (exact) mass is 482 g/mol. The smallest absolute Gasteiger partial charge is 0.311 e. The molecule has 0 spiro atoms. The normalized spacial score (nSPS) is 11.0. The molecular formula is C21H20Cl2N2O3S2. The Balaban J connectivity index is 1.70. The number of thioether (sulfide) groups is 1. The van der Waals surface area contributed by atoms with Gasteiger partial charge < -0.3 is 9.30 Å². The summed E-state index contributed by atoms with van der Waals surface area (Å²) < 4.78 is 7.67. The van der Waals surface area contributed by atoms with Crippen molar-refractivity contribution in [3.63, 3.8) is 0 Å². The summed E-state index contributed by atoms with van der Waals surface area (Å²) in [4.78, 5) is 28.8. The molecule has 3 aromatic rings.